The summed E-state index contributed by atoms with van der Waals surface area (Å²) in [5.41, 5.74) is 3.37. The van der Waals surface area contributed by atoms with Crippen LogP contribution in [0, 0.1) is 6.92 Å². The third-order valence-corrected chi connectivity index (χ3v) is 3.65. The van der Waals surface area contributed by atoms with E-state index in [-0.39, 0.29) is 5.91 Å². The number of nitrogens with zero attached hydrogens (tertiary/aromatic N) is 2. The molecule has 2 aromatic heterocycles. The summed E-state index contributed by atoms with van der Waals surface area (Å²) >= 11 is 0. The number of imidazole rings is 1. The van der Waals surface area contributed by atoms with E-state index in [0.717, 1.165) is 17.0 Å². The number of pyridine rings is 1. The maximum absolute atomic E-state index is 12.3. The Hall–Kier alpha value is -2.82. The van der Waals surface area contributed by atoms with Crippen LogP contribution in [-0.2, 0) is 6.54 Å². The lowest BCUT2D eigenvalue weighted by atomic mass is 10.2. The van der Waals surface area contributed by atoms with Crippen molar-refractivity contribution in [2.45, 2.75) is 20.4 Å². The molecule has 1 N–H and O–H groups in total. The number of amides is 1. The number of carbonyl (C=O) groups is 1. The van der Waals surface area contributed by atoms with Gasteiger partial charge in [-0.15, -0.1) is 0 Å². The number of hydrogen-bond donors (Lipinski definition) is 1. The first-order valence-corrected chi connectivity index (χ1v) is 7.62. The normalized spacial score (nSPS) is 10.7. The number of ether oxygens (including phenoxy) is 1. The molecule has 3 aromatic rings. The van der Waals surface area contributed by atoms with Crippen molar-refractivity contribution in [1.82, 2.24) is 14.7 Å². The number of aryl methyl sites for hydroxylation is 1. The first-order chi connectivity index (χ1) is 11.2. The van der Waals surface area contributed by atoms with Crippen LogP contribution < -0.4 is 10.1 Å². The highest BCUT2D eigenvalue weighted by Crippen LogP contribution is 2.14. The van der Waals surface area contributed by atoms with Gasteiger partial charge in [0, 0.05) is 11.8 Å². The van der Waals surface area contributed by atoms with E-state index in [0.29, 0.717) is 24.5 Å². The highest BCUT2D eigenvalue weighted by molar-refractivity contribution is 5.94. The van der Waals surface area contributed by atoms with Crippen molar-refractivity contribution in [3.8, 4) is 5.75 Å². The molecule has 0 radical (unpaired) electrons. The summed E-state index contributed by atoms with van der Waals surface area (Å²) in [7, 11) is 0. The van der Waals surface area contributed by atoms with Gasteiger partial charge in [0.25, 0.3) is 5.91 Å². The molecule has 118 valence electrons. The van der Waals surface area contributed by atoms with Gasteiger partial charge in [0.2, 0.25) is 0 Å². The standard InChI is InChI=1S/C18H19N3O2/c1-3-23-15-8-6-7-14(11-15)18(22)19-12-16-13(2)20-17-9-4-5-10-21(16)17/h4-11H,3,12H2,1-2H3,(H,19,22). The Kier molecular flexibility index (Phi) is 4.28. The monoisotopic (exact) mass is 309 g/mol. The van der Waals surface area contributed by atoms with Gasteiger partial charge in [-0.3, -0.25) is 4.79 Å². The highest BCUT2D eigenvalue weighted by Gasteiger charge is 2.11. The van der Waals surface area contributed by atoms with E-state index in [1.54, 1.807) is 12.1 Å². The molecule has 0 saturated heterocycles. The van der Waals surface area contributed by atoms with Crippen molar-refractivity contribution in [1.29, 1.82) is 0 Å². The minimum absolute atomic E-state index is 0.128. The van der Waals surface area contributed by atoms with Crippen LogP contribution in [0.25, 0.3) is 5.65 Å². The first kappa shape index (κ1) is 15.1. The van der Waals surface area contributed by atoms with Crippen LogP contribution in [0.1, 0.15) is 28.7 Å². The second-order valence-corrected chi connectivity index (χ2v) is 5.22. The summed E-state index contributed by atoms with van der Waals surface area (Å²) in [5, 5.41) is 2.95. The summed E-state index contributed by atoms with van der Waals surface area (Å²) in [6.45, 7) is 4.87. The molecule has 5 heteroatoms. The smallest absolute Gasteiger partial charge is 0.251 e. The molecule has 0 saturated carbocycles. The van der Waals surface area contributed by atoms with E-state index in [9.17, 15) is 4.79 Å². The van der Waals surface area contributed by atoms with Gasteiger partial charge in [0.15, 0.2) is 0 Å². The van der Waals surface area contributed by atoms with E-state index in [2.05, 4.69) is 10.3 Å². The third kappa shape index (κ3) is 3.18. The Morgan fingerprint density at radius 3 is 2.96 bits per heavy atom. The number of hydrogen-bond acceptors (Lipinski definition) is 3. The molecule has 0 unspecified atom stereocenters. The van der Waals surface area contributed by atoms with Gasteiger partial charge in [0.05, 0.1) is 24.5 Å². The third-order valence-electron chi connectivity index (χ3n) is 3.65. The lowest BCUT2D eigenvalue weighted by Crippen LogP contribution is -2.24. The maximum atomic E-state index is 12.3. The van der Waals surface area contributed by atoms with Gasteiger partial charge in [-0.25, -0.2) is 4.98 Å². The van der Waals surface area contributed by atoms with Crippen molar-refractivity contribution < 1.29 is 9.53 Å². The van der Waals surface area contributed by atoms with E-state index >= 15 is 0 Å². The van der Waals surface area contributed by atoms with Crippen molar-refractivity contribution >= 4 is 11.6 Å². The molecule has 1 amide bonds. The zero-order chi connectivity index (χ0) is 16.2. The summed E-state index contributed by atoms with van der Waals surface area (Å²) in [6.07, 6.45) is 1.95. The van der Waals surface area contributed by atoms with Gasteiger partial charge < -0.3 is 14.5 Å². The predicted molar refractivity (Wildman–Crippen MR) is 88.7 cm³/mol. The second kappa shape index (κ2) is 6.52. The number of fused-ring (bicyclic) bond motifs is 1. The molecule has 2 heterocycles. The van der Waals surface area contributed by atoms with E-state index in [4.69, 9.17) is 4.74 Å². The van der Waals surface area contributed by atoms with Crippen LogP contribution >= 0.6 is 0 Å². The quantitative estimate of drug-likeness (QED) is 0.788. The molecular formula is C18H19N3O2. The summed E-state index contributed by atoms with van der Waals surface area (Å²) in [6, 6.07) is 13.0. The van der Waals surface area contributed by atoms with Crippen LogP contribution in [0.4, 0.5) is 0 Å². The van der Waals surface area contributed by atoms with E-state index in [1.165, 1.54) is 0 Å². The minimum atomic E-state index is -0.128. The number of nitrogens with one attached hydrogen (secondary N) is 1. The average molecular weight is 309 g/mol. The number of aromatic nitrogens is 2. The maximum Gasteiger partial charge on any atom is 0.251 e. The Balaban J connectivity index is 1.76. The van der Waals surface area contributed by atoms with Crippen LogP contribution in [-0.4, -0.2) is 21.9 Å². The number of carbonyl (C=O) groups excluding carboxylic acids is 1. The summed E-state index contributed by atoms with van der Waals surface area (Å²) in [4.78, 5) is 16.8. The molecule has 23 heavy (non-hydrogen) atoms. The Labute approximate surface area is 134 Å². The molecule has 0 fully saturated rings. The zero-order valence-corrected chi connectivity index (χ0v) is 13.2. The highest BCUT2D eigenvalue weighted by atomic mass is 16.5. The van der Waals surface area contributed by atoms with Crippen LogP contribution in [0.3, 0.4) is 0 Å². The Morgan fingerprint density at radius 2 is 2.13 bits per heavy atom. The van der Waals surface area contributed by atoms with Crippen molar-refractivity contribution in [2.75, 3.05) is 6.61 Å². The predicted octanol–water partition coefficient (Wildman–Crippen LogP) is 2.97. The topological polar surface area (TPSA) is 55.6 Å². The van der Waals surface area contributed by atoms with Gasteiger partial charge in [-0.05, 0) is 44.2 Å². The van der Waals surface area contributed by atoms with Gasteiger partial charge >= 0.3 is 0 Å². The average Bonchev–Trinajstić information content (AvgIpc) is 2.88. The summed E-state index contributed by atoms with van der Waals surface area (Å²) in [5.74, 6) is 0.572. The molecule has 1 aromatic carbocycles. The van der Waals surface area contributed by atoms with E-state index < -0.39 is 0 Å². The molecule has 0 aliphatic carbocycles. The Morgan fingerprint density at radius 1 is 1.26 bits per heavy atom. The largest absolute Gasteiger partial charge is 0.494 e. The SMILES string of the molecule is CCOc1cccc(C(=O)NCc2c(C)nc3ccccn23)c1. The molecule has 5 nitrogen and oxygen atoms in total. The fraction of sp³-hybridized carbons (Fsp3) is 0.222. The van der Waals surface area contributed by atoms with Gasteiger partial charge in [-0.2, -0.15) is 0 Å². The van der Waals surface area contributed by atoms with Crippen LogP contribution in [0.5, 0.6) is 5.75 Å². The molecule has 0 bridgehead atoms. The fourth-order valence-electron chi connectivity index (χ4n) is 2.54. The zero-order valence-electron chi connectivity index (χ0n) is 13.2. The van der Waals surface area contributed by atoms with Gasteiger partial charge in [0.1, 0.15) is 11.4 Å². The molecule has 0 spiro atoms. The fourth-order valence-corrected chi connectivity index (χ4v) is 2.54. The molecule has 3 rings (SSSR count). The minimum Gasteiger partial charge on any atom is -0.494 e. The lowest BCUT2D eigenvalue weighted by Gasteiger charge is -2.08. The van der Waals surface area contributed by atoms with Crippen molar-refractivity contribution in [2.24, 2.45) is 0 Å². The summed E-state index contributed by atoms with van der Waals surface area (Å²) < 4.78 is 7.42. The number of rotatable bonds is 5. The number of benzene rings is 1. The molecule has 0 aliphatic rings. The lowest BCUT2D eigenvalue weighted by molar-refractivity contribution is 0.0950. The van der Waals surface area contributed by atoms with Crippen molar-refractivity contribution in [3.63, 3.8) is 0 Å². The molecule has 0 atom stereocenters. The Bertz CT molecular complexity index is 839. The molecule has 0 aliphatic heterocycles. The first-order valence-electron chi connectivity index (χ1n) is 7.62. The second-order valence-electron chi connectivity index (χ2n) is 5.22. The van der Waals surface area contributed by atoms with Gasteiger partial charge in [-0.1, -0.05) is 12.1 Å². The van der Waals surface area contributed by atoms with Crippen LogP contribution in [0.15, 0.2) is 48.7 Å². The molecular weight excluding hydrogens is 290 g/mol. The van der Waals surface area contributed by atoms with Crippen LogP contribution in [0.2, 0.25) is 0 Å². The van der Waals surface area contributed by atoms with Crippen molar-refractivity contribution in [3.05, 3.63) is 65.6 Å². The van der Waals surface area contributed by atoms with E-state index in [1.807, 2.05) is 54.8 Å².